The average Bonchev–Trinajstić information content (AvgIpc) is 3.18. The first-order chi connectivity index (χ1) is 14.2. The average molecular weight is 440 g/mol. The summed E-state index contributed by atoms with van der Waals surface area (Å²) in [7, 11) is 2.94. The summed E-state index contributed by atoms with van der Waals surface area (Å²) in [6.07, 6.45) is -3.91. The molecule has 0 saturated carbocycles. The number of carbonyl (C=O) groups is 1. The first kappa shape index (κ1) is 21.5. The molecule has 1 heterocycles. The standard InChI is InChI=1S/C20H17ClF3N3O3/c1-29-16-8-3-12(9-17(16)30-2)10-25-19(28)15-11-26-27(18(15)20(22,23)24)14-6-4-13(21)5-7-14/h3-9,11H,10H2,1-2H3,(H,25,28). The number of hydrogen-bond donors (Lipinski definition) is 1. The molecule has 0 aliphatic heterocycles. The highest BCUT2D eigenvalue weighted by atomic mass is 35.5. The first-order valence-corrected chi connectivity index (χ1v) is 9.02. The minimum absolute atomic E-state index is 0.0113. The van der Waals surface area contributed by atoms with Gasteiger partial charge in [0.05, 0.1) is 31.7 Å². The van der Waals surface area contributed by atoms with E-state index in [1.807, 2.05) is 0 Å². The van der Waals surface area contributed by atoms with Crippen molar-refractivity contribution < 1.29 is 27.4 Å². The minimum Gasteiger partial charge on any atom is -0.493 e. The van der Waals surface area contributed by atoms with Crippen LogP contribution < -0.4 is 14.8 Å². The van der Waals surface area contributed by atoms with Gasteiger partial charge in [-0.05, 0) is 42.0 Å². The Bertz CT molecular complexity index is 1050. The van der Waals surface area contributed by atoms with Crippen LogP contribution in [0.5, 0.6) is 11.5 Å². The second-order valence-corrected chi connectivity index (χ2v) is 6.60. The fraction of sp³-hybridized carbons (Fsp3) is 0.200. The highest BCUT2D eigenvalue weighted by Crippen LogP contribution is 2.34. The van der Waals surface area contributed by atoms with Gasteiger partial charge in [-0.15, -0.1) is 0 Å². The summed E-state index contributed by atoms with van der Waals surface area (Å²) in [6, 6.07) is 10.6. The number of rotatable bonds is 6. The Labute approximate surface area is 175 Å². The Kier molecular flexibility index (Phi) is 6.21. The fourth-order valence-electron chi connectivity index (χ4n) is 2.83. The van der Waals surface area contributed by atoms with Crippen molar-refractivity contribution in [2.45, 2.75) is 12.7 Å². The topological polar surface area (TPSA) is 65.4 Å². The number of methoxy groups -OCH3 is 2. The number of nitrogens with one attached hydrogen (secondary N) is 1. The van der Waals surface area contributed by atoms with Gasteiger partial charge in [-0.1, -0.05) is 17.7 Å². The van der Waals surface area contributed by atoms with Crippen molar-refractivity contribution >= 4 is 17.5 Å². The molecule has 0 radical (unpaired) electrons. The Morgan fingerprint density at radius 1 is 1.10 bits per heavy atom. The van der Waals surface area contributed by atoms with Gasteiger partial charge in [0.25, 0.3) is 5.91 Å². The van der Waals surface area contributed by atoms with Crippen LogP contribution in [0, 0.1) is 0 Å². The quantitative estimate of drug-likeness (QED) is 0.614. The SMILES string of the molecule is COc1ccc(CNC(=O)c2cnn(-c3ccc(Cl)cc3)c2C(F)(F)F)cc1OC. The largest absolute Gasteiger partial charge is 0.493 e. The van der Waals surface area contributed by atoms with Crippen LogP contribution in [0.3, 0.4) is 0 Å². The summed E-state index contributed by atoms with van der Waals surface area (Å²) < 4.78 is 52.1. The summed E-state index contributed by atoms with van der Waals surface area (Å²) in [5.41, 5.74) is -1.00. The van der Waals surface area contributed by atoms with Gasteiger partial charge < -0.3 is 14.8 Å². The molecule has 0 unspecified atom stereocenters. The number of alkyl halides is 3. The molecule has 0 aliphatic rings. The van der Waals surface area contributed by atoms with E-state index >= 15 is 0 Å². The van der Waals surface area contributed by atoms with E-state index in [-0.39, 0.29) is 12.2 Å². The normalized spacial score (nSPS) is 11.3. The molecule has 1 N–H and O–H groups in total. The number of benzene rings is 2. The number of amides is 1. The zero-order chi connectivity index (χ0) is 21.9. The van der Waals surface area contributed by atoms with Gasteiger partial charge in [0.2, 0.25) is 0 Å². The highest BCUT2D eigenvalue weighted by molar-refractivity contribution is 6.30. The molecule has 1 amide bonds. The third kappa shape index (κ3) is 4.51. The van der Waals surface area contributed by atoms with E-state index in [0.717, 1.165) is 6.20 Å². The molecule has 3 rings (SSSR count). The minimum atomic E-state index is -4.80. The molecule has 0 fully saturated rings. The van der Waals surface area contributed by atoms with Crippen molar-refractivity contribution in [1.82, 2.24) is 15.1 Å². The number of nitrogens with zero attached hydrogens (tertiary/aromatic N) is 2. The molecule has 0 saturated heterocycles. The van der Waals surface area contributed by atoms with E-state index < -0.39 is 23.3 Å². The predicted molar refractivity (Wildman–Crippen MR) is 104 cm³/mol. The van der Waals surface area contributed by atoms with Gasteiger partial charge >= 0.3 is 6.18 Å². The molecule has 0 bridgehead atoms. The zero-order valence-electron chi connectivity index (χ0n) is 16.0. The molecule has 2 aromatic carbocycles. The lowest BCUT2D eigenvalue weighted by Crippen LogP contribution is -2.26. The maximum absolute atomic E-state index is 13.7. The number of carbonyl (C=O) groups excluding carboxylic acids is 1. The fourth-order valence-corrected chi connectivity index (χ4v) is 2.96. The van der Waals surface area contributed by atoms with Crippen molar-refractivity contribution in [2.24, 2.45) is 0 Å². The maximum atomic E-state index is 13.7. The Balaban J connectivity index is 1.86. The van der Waals surface area contributed by atoms with Crippen molar-refractivity contribution in [2.75, 3.05) is 14.2 Å². The lowest BCUT2D eigenvalue weighted by Gasteiger charge is -2.13. The monoisotopic (exact) mass is 439 g/mol. The second-order valence-electron chi connectivity index (χ2n) is 6.16. The molecule has 30 heavy (non-hydrogen) atoms. The molecule has 1 aromatic heterocycles. The van der Waals surface area contributed by atoms with Gasteiger partial charge in [0.1, 0.15) is 0 Å². The summed E-state index contributed by atoms with van der Waals surface area (Å²) >= 11 is 5.79. The van der Waals surface area contributed by atoms with Crippen LogP contribution >= 0.6 is 11.6 Å². The molecule has 3 aromatic rings. The molecule has 0 atom stereocenters. The van der Waals surface area contributed by atoms with Crippen molar-refractivity contribution in [1.29, 1.82) is 0 Å². The summed E-state index contributed by atoms with van der Waals surface area (Å²) in [5, 5.41) is 6.61. The lowest BCUT2D eigenvalue weighted by molar-refractivity contribution is -0.143. The van der Waals surface area contributed by atoms with E-state index in [4.69, 9.17) is 21.1 Å². The van der Waals surface area contributed by atoms with Crippen LogP contribution in [-0.4, -0.2) is 29.9 Å². The van der Waals surface area contributed by atoms with E-state index in [1.54, 1.807) is 18.2 Å². The number of hydrogen-bond acceptors (Lipinski definition) is 4. The number of ether oxygens (including phenoxy) is 2. The van der Waals surface area contributed by atoms with Crippen LogP contribution in [0.25, 0.3) is 5.69 Å². The summed E-state index contributed by atoms with van der Waals surface area (Å²) in [6.45, 7) is -0.0113. The van der Waals surface area contributed by atoms with Crippen molar-refractivity contribution in [3.63, 3.8) is 0 Å². The Morgan fingerprint density at radius 3 is 2.37 bits per heavy atom. The lowest BCUT2D eigenvalue weighted by atomic mass is 10.1. The van der Waals surface area contributed by atoms with Crippen molar-refractivity contribution in [3.8, 4) is 17.2 Å². The highest BCUT2D eigenvalue weighted by Gasteiger charge is 2.40. The molecule has 0 spiro atoms. The summed E-state index contributed by atoms with van der Waals surface area (Å²) in [4.78, 5) is 12.5. The number of halogens is 4. The van der Waals surface area contributed by atoms with Crippen LogP contribution in [-0.2, 0) is 12.7 Å². The molecule has 6 nitrogen and oxygen atoms in total. The van der Waals surface area contributed by atoms with Crippen LogP contribution in [0.1, 0.15) is 21.6 Å². The third-order valence-electron chi connectivity index (χ3n) is 4.25. The second kappa shape index (κ2) is 8.66. The van der Waals surface area contributed by atoms with Crippen LogP contribution in [0.4, 0.5) is 13.2 Å². The van der Waals surface area contributed by atoms with Gasteiger partial charge in [0, 0.05) is 11.6 Å². The van der Waals surface area contributed by atoms with E-state index in [2.05, 4.69) is 10.4 Å². The predicted octanol–water partition coefficient (Wildman–Crippen LogP) is 4.49. The van der Waals surface area contributed by atoms with Gasteiger partial charge in [-0.25, -0.2) is 4.68 Å². The summed E-state index contributed by atoms with van der Waals surface area (Å²) in [5.74, 6) is 0.0317. The molecule has 158 valence electrons. The van der Waals surface area contributed by atoms with E-state index in [0.29, 0.717) is 26.8 Å². The van der Waals surface area contributed by atoms with E-state index in [1.165, 1.54) is 38.5 Å². The molecular weight excluding hydrogens is 423 g/mol. The molecule has 0 aliphatic carbocycles. The Morgan fingerprint density at radius 2 is 1.77 bits per heavy atom. The molecular formula is C20H17ClF3N3O3. The van der Waals surface area contributed by atoms with Crippen molar-refractivity contribution in [3.05, 3.63) is 70.5 Å². The zero-order valence-corrected chi connectivity index (χ0v) is 16.7. The Hall–Kier alpha value is -3.20. The van der Waals surface area contributed by atoms with Gasteiger partial charge in [0.15, 0.2) is 17.2 Å². The van der Waals surface area contributed by atoms with Crippen LogP contribution in [0.15, 0.2) is 48.7 Å². The number of aromatic nitrogens is 2. The maximum Gasteiger partial charge on any atom is 0.434 e. The molecule has 10 heteroatoms. The smallest absolute Gasteiger partial charge is 0.434 e. The van der Waals surface area contributed by atoms with Crippen LogP contribution in [0.2, 0.25) is 5.02 Å². The van der Waals surface area contributed by atoms with E-state index in [9.17, 15) is 18.0 Å². The van der Waals surface area contributed by atoms with Gasteiger partial charge in [-0.3, -0.25) is 4.79 Å². The van der Waals surface area contributed by atoms with Gasteiger partial charge in [-0.2, -0.15) is 18.3 Å². The first-order valence-electron chi connectivity index (χ1n) is 8.65. The third-order valence-corrected chi connectivity index (χ3v) is 4.51.